The van der Waals surface area contributed by atoms with E-state index in [1.165, 1.54) is 19.2 Å². The van der Waals surface area contributed by atoms with Crippen molar-refractivity contribution in [1.82, 2.24) is 5.32 Å². The third-order valence-electron chi connectivity index (χ3n) is 3.32. The lowest BCUT2D eigenvalue weighted by atomic mass is 10.1. The molecule has 4 nitrogen and oxygen atoms in total. The molecule has 0 saturated carbocycles. The molecule has 0 aliphatic heterocycles. The molecular weight excluding hydrogens is 297 g/mol. The molecule has 23 heavy (non-hydrogen) atoms. The largest absolute Gasteiger partial charge is 0.496 e. The Morgan fingerprint density at radius 3 is 2.78 bits per heavy atom. The van der Waals surface area contributed by atoms with Crippen molar-refractivity contribution in [3.63, 3.8) is 0 Å². The second kappa shape index (κ2) is 8.17. The zero-order valence-corrected chi connectivity index (χ0v) is 13.3. The smallest absolute Gasteiger partial charge is 0.257 e. The summed E-state index contributed by atoms with van der Waals surface area (Å²) in [5.41, 5.74) is 1.79. The first-order valence-electron chi connectivity index (χ1n) is 7.37. The molecule has 0 fully saturated rings. The molecule has 0 radical (unpaired) electrons. The van der Waals surface area contributed by atoms with Crippen LogP contribution in [0.3, 0.4) is 0 Å². The van der Waals surface area contributed by atoms with Gasteiger partial charge in [0, 0.05) is 6.54 Å². The van der Waals surface area contributed by atoms with E-state index in [1.807, 2.05) is 25.1 Å². The molecule has 2 rings (SSSR count). The molecule has 122 valence electrons. The predicted molar refractivity (Wildman–Crippen MR) is 86.3 cm³/mol. The van der Waals surface area contributed by atoms with Crippen LogP contribution in [0.2, 0.25) is 0 Å². The number of carbonyl (C=O) groups is 1. The average molecular weight is 317 g/mol. The topological polar surface area (TPSA) is 47.6 Å². The van der Waals surface area contributed by atoms with Gasteiger partial charge in [-0.05, 0) is 54.8 Å². The van der Waals surface area contributed by atoms with Crippen LogP contribution in [0.15, 0.2) is 42.5 Å². The highest BCUT2D eigenvalue weighted by molar-refractivity contribution is 5.77. The zero-order valence-electron chi connectivity index (χ0n) is 13.3. The van der Waals surface area contributed by atoms with Gasteiger partial charge in [0.05, 0.1) is 7.11 Å². The number of benzene rings is 2. The summed E-state index contributed by atoms with van der Waals surface area (Å²) in [6.07, 6.45) is 0.483. The summed E-state index contributed by atoms with van der Waals surface area (Å²) in [5, 5.41) is 2.74. The number of hydrogen-bond donors (Lipinski definition) is 1. The fourth-order valence-electron chi connectivity index (χ4n) is 2.18. The van der Waals surface area contributed by atoms with Gasteiger partial charge in [-0.25, -0.2) is 4.39 Å². The summed E-state index contributed by atoms with van der Waals surface area (Å²) < 4.78 is 23.8. The van der Waals surface area contributed by atoms with E-state index >= 15 is 0 Å². The molecule has 0 spiro atoms. The first-order valence-corrected chi connectivity index (χ1v) is 7.37. The van der Waals surface area contributed by atoms with Gasteiger partial charge in [-0.2, -0.15) is 0 Å². The molecule has 2 aromatic rings. The highest BCUT2D eigenvalue weighted by Crippen LogP contribution is 2.19. The molecule has 0 aliphatic rings. The monoisotopic (exact) mass is 317 g/mol. The van der Waals surface area contributed by atoms with E-state index in [9.17, 15) is 9.18 Å². The lowest BCUT2D eigenvalue weighted by Crippen LogP contribution is -2.30. The van der Waals surface area contributed by atoms with Crippen LogP contribution in [0.1, 0.15) is 11.1 Å². The summed E-state index contributed by atoms with van der Waals surface area (Å²) in [6, 6.07) is 11.8. The Balaban J connectivity index is 1.78. The summed E-state index contributed by atoms with van der Waals surface area (Å²) >= 11 is 0. The van der Waals surface area contributed by atoms with E-state index < -0.39 is 0 Å². The molecule has 0 aromatic heterocycles. The molecule has 0 saturated heterocycles. The number of methoxy groups -OCH3 is 1. The summed E-state index contributed by atoms with van der Waals surface area (Å²) in [4.78, 5) is 11.8. The van der Waals surface area contributed by atoms with Gasteiger partial charge in [0.15, 0.2) is 6.61 Å². The number of aryl methyl sites for hydroxylation is 1. The van der Waals surface area contributed by atoms with Crippen molar-refractivity contribution < 1.29 is 18.7 Å². The first kappa shape index (κ1) is 16.8. The molecule has 0 bridgehead atoms. The normalized spacial score (nSPS) is 10.2. The number of rotatable bonds is 7. The van der Waals surface area contributed by atoms with E-state index in [2.05, 4.69) is 5.32 Å². The maximum Gasteiger partial charge on any atom is 0.257 e. The summed E-state index contributed by atoms with van der Waals surface area (Å²) in [5.74, 6) is 0.723. The Morgan fingerprint density at radius 1 is 1.22 bits per heavy atom. The van der Waals surface area contributed by atoms with E-state index in [0.29, 0.717) is 30.0 Å². The highest BCUT2D eigenvalue weighted by atomic mass is 19.1. The number of hydrogen-bond acceptors (Lipinski definition) is 3. The number of amides is 1. The average Bonchev–Trinajstić information content (AvgIpc) is 2.53. The zero-order chi connectivity index (χ0) is 16.7. The number of carbonyl (C=O) groups excluding carboxylic acids is 1. The van der Waals surface area contributed by atoms with Crippen LogP contribution in [0.4, 0.5) is 4.39 Å². The van der Waals surface area contributed by atoms with Crippen molar-refractivity contribution in [1.29, 1.82) is 0 Å². The predicted octanol–water partition coefficient (Wildman–Crippen LogP) is 2.88. The van der Waals surface area contributed by atoms with Crippen LogP contribution in [-0.2, 0) is 11.2 Å². The van der Waals surface area contributed by atoms with Gasteiger partial charge < -0.3 is 14.8 Å². The van der Waals surface area contributed by atoms with Crippen LogP contribution >= 0.6 is 0 Å². The fourth-order valence-corrected chi connectivity index (χ4v) is 2.18. The number of nitrogens with one attached hydrogen (secondary N) is 1. The Kier molecular flexibility index (Phi) is 5.97. The molecule has 5 heteroatoms. The molecule has 0 unspecified atom stereocenters. The van der Waals surface area contributed by atoms with Crippen LogP contribution in [0.25, 0.3) is 0 Å². The van der Waals surface area contributed by atoms with Crippen molar-refractivity contribution in [2.24, 2.45) is 0 Å². The van der Waals surface area contributed by atoms with Gasteiger partial charge in [-0.15, -0.1) is 0 Å². The van der Waals surface area contributed by atoms with Crippen molar-refractivity contribution in [3.8, 4) is 11.5 Å². The van der Waals surface area contributed by atoms with Gasteiger partial charge in [-0.3, -0.25) is 4.79 Å². The molecule has 0 heterocycles. The van der Waals surface area contributed by atoms with E-state index in [4.69, 9.17) is 9.47 Å². The maximum atomic E-state index is 13.2. The SMILES string of the molecule is COc1ccc(F)cc1CCNC(=O)COc1cccc(C)c1. The lowest BCUT2D eigenvalue weighted by molar-refractivity contribution is -0.123. The minimum Gasteiger partial charge on any atom is -0.496 e. The molecular formula is C18H20FNO3. The third kappa shape index (κ3) is 5.29. The van der Waals surface area contributed by atoms with Crippen molar-refractivity contribution in [3.05, 3.63) is 59.4 Å². The maximum absolute atomic E-state index is 13.2. The van der Waals surface area contributed by atoms with Gasteiger partial charge >= 0.3 is 0 Å². The Labute approximate surface area is 135 Å². The van der Waals surface area contributed by atoms with Crippen LogP contribution in [-0.4, -0.2) is 26.2 Å². The summed E-state index contributed by atoms with van der Waals surface area (Å²) in [7, 11) is 1.53. The lowest BCUT2D eigenvalue weighted by Gasteiger charge is -2.10. The van der Waals surface area contributed by atoms with Gasteiger partial charge in [-0.1, -0.05) is 12.1 Å². The molecule has 1 amide bonds. The Morgan fingerprint density at radius 2 is 2.04 bits per heavy atom. The third-order valence-corrected chi connectivity index (χ3v) is 3.32. The Bertz CT molecular complexity index is 673. The van der Waals surface area contributed by atoms with Gasteiger partial charge in [0.25, 0.3) is 5.91 Å². The van der Waals surface area contributed by atoms with E-state index in [0.717, 1.165) is 5.56 Å². The summed E-state index contributed by atoms with van der Waals surface area (Å²) in [6.45, 7) is 2.29. The van der Waals surface area contributed by atoms with Crippen LogP contribution in [0.5, 0.6) is 11.5 Å². The number of halogens is 1. The van der Waals surface area contributed by atoms with Crippen LogP contribution < -0.4 is 14.8 Å². The van der Waals surface area contributed by atoms with Crippen molar-refractivity contribution >= 4 is 5.91 Å². The Hall–Kier alpha value is -2.56. The molecule has 2 aromatic carbocycles. The quantitative estimate of drug-likeness (QED) is 0.854. The van der Waals surface area contributed by atoms with Gasteiger partial charge in [0.2, 0.25) is 0 Å². The highest BCUT2D eigenvalue weighted by Gasteiger charge is 2.07. The minimum absolute atomic E-state index is 0.0518. The number of ether oxygens (including phenoxy) is 2. The molecule has 0 aliphatic carbocycles. The second-order valence-corrected chi connectivity index (χ2v) is 5.16. The first-order chi connectivity index (χ1) is 11.1. The molecule has 0 atom stereocenters. The van der Waals surface area contributed by atoms with E-state index in [1.54, 1.807) is 12.1 Å². The van der Waals surface area contributed by atoms with Crippen LogP contribution in [0, 0.1) is 12.7 Å². The standard InChI is InChI=1S/C18H20FNO3/c1-13-4-3-5-16(10-13)23-12-18(21)20-9-8-14-11-15(19)6-7-17(14)22-2/h3-7,10-11H,8-9,12H2,1-2H3,(H,20,21). The second-order valence-electron chi connectivity index (χ2n) is 5.16. The molecule has 1 N–H and O–H groups in total. The fraction of sp³-hybridized carbons (Fsp3) is 0.278. The minimum atomic E-state index is -0.324. The van der Waals surface area contributed by atoms with Crippen molar-refractivity contribution in [2.75, 3.05) is 20.3 Å². The van der Waals surface area contributed by atoms with Gasteiger partial charge in [0.1, 0.15) is 17.3 Å². The van der Waals surface area contributed by atoms with E-state index in [-0.39, 0.29) is 18.3 Å². The van der Waals surface area contributed by atoms with Crippen molar-refractivity contribution in [2.45, 2.75) is 13.3 Å².